The first-order valence-electron chi connectivity index (χ1n) is 12.7. The summed E-state index contributed by atoms with van der Waals surface area (Å²) in [5, 5.41) is 21.6. The van der Waals surface area contributed by atoms with Crippen molar-refractivity contribution in [3.8, 4) is 17.0 Å². The van der Waals surface area contributed by atoms with Crippen molar-refractivity contribution in [3.63, 3.8) is 0 Å². The highest BCUT2D eigenvalue weighted by atomic mass is 19.3. The average Bonchev–Trinajstić information content (AvgIpc) is 3.23. The number of rotatable bonds is 3. The number of aromatic hydroxyl groups is 1. The fraction of sp³-hybridized carbons (Fsp3) is 0.464. The molecule has 3 aliphatic rings. The molecule has 0 radical (unpaired) electrons. The van der Waals surface area contributed by atoms with Crippen LogP contribution in [0.3, 0.4) is 0 Å². The zero-order valence-corrected chi connectivity index (χ0v) is 20.9. The summed E-state index contributed by atoms with van der Waals surface area (Å²) < 4.78 is 28.6. The zero-order valence-electron chi connectivity index (χ0n) is 20.9. The van der Waals surface area contributed by atoms with E-state index in [0.717, 1.165) is 40.4 Å². The Morgan fingerprint density at radius 2 is 1.89 bits per heavy atom. The van der Waals surface area contributed by atoms with E-state index < -0.39 is 24.0 Å². The van der Waals surface area contributed by atoms with E-state index in [0.29, 0.717) is 12.1 Å². The van der Waals surface area contributed by atoms with Gasteiger partial charge in [0.05, 0.1) is 17.4 Å². The fourth-order valence-electron chi connectivity index (χ4n) is 6.44. The molecule has 1 unspecified atom stereocenters. The van der Waals surface area contributed by atoms with Gasteiger partial charge in [0.2, 0.25) is 5.95 Å². The van der Waals surface area contributed by atoms with Gasteiger partial charge in [0.15, 0.2) is 0 Å². The minimum absolute atomic E-state index is 0.0150. The summed E-state index contributed by atoms with van der Waals surface area (Å²) in [6.07, 6.45) is -1.03. The third kappa shape index (κ3) is 4.04. The quantitative estimate of drug-likeness (QED) is 0.496. The molecule has 3 aromatic rings. The number of carbonyl (C=O) groups is 1. The van der Waals surface area contributed by atoms with Crippen molar-refractivity contribution in [2.45, 2.75) is 52.0 Å². The SMILES string of the molecule is CC1(C)CCc2c(nc(N3CC4(CC3C(F)F)CN(C(=O)O)C4)nc2-c2cc(O)cc3ccccc23)C1. The van der Waals surface area contributed by atoms with E-state index in [9.17, 15) is 23.8 Å². The van der Waals surface area contributed by atoms with Gasteiger partial charge < -0.3 is 20.0 Å². The molecule has 7 nitrogen and oxygen atoms in total. The van der Waals surface area contributed by atoms with Crippen LogP contribution in [-0.2, 0) is 12.8 Å². The van der Waals surface area contributed by atoms with Crippen LogP contribution in [0.4, 0.5) is 19.5 Å². The lowest BCUT2D eigenvalue weighted by atomic mass is 9.75. The highest BCUT2D eigenvalue weighted by molar-refractivity contribution is 5.98. The van der Waals surface area contributed by atoms with Gasteiger partial charge >= 0.3 is 6.09 Å². The van der Waals surface area contributed by atoms with Gasteiger partial charge in [-0.2, -0.15) is 0 Å². The van der Waals surface area contributed by atoms with E-state index in [4.69, 9.17) is 9.97 Å². The molecular weight excluding hydrogens is 478 g/mol. The van der Waals surface area contributed by atoms with Crippen LogP contribution >= 0.6 is 0 Å². The van der Waals surface area contributed by atoms with Crippen molar-refractivity contribution >= 4 is 22.8 Å². The van der Waals surface area contributed by atoms with Crippen LogP contribution in [0, 0.1) is 10.8 Å². The Morgan fingerprint density at radius 1 is 1.14 bits per heavy atom. The molecule has 1 atom stereocenters. The maximum absolute atomic E-state index is 14.3. The lowest BCUT2D eigenvalue weighted by Gasteiger charge is -2.46. The summed E-state index contributed by atoms with van der Waals surface area (Å²) in [6, 6.07) is 10.1. The second-order valence-corrected chi connectivity index (χ2v) is 11.7. The molecule has 9 heteroatoms. The molecule has 2 saturated heterocycles. The van der Waals surface area contributed by atoms with E-state index in [1.165, 1.54) is 4.90 Å². The number of aromatic nitrogens is 2. The third-order valence-electron chi connectivity index (χ3n) is 8.30. The molecule has 1 aliphatic carbocycles. The molecule has 194 valence electrons. The molecule has 1 spiro atoms. The van der Waals surface area contributed by atoms with Crippen molar-refractivity contribution < 1.29 is 23.8 Å². The second kappa shape index (κ2) is 8.26. The molecular formula is C28H30F2N4O3. The molecule has 3 heterocycles. The van der Waals surface area contributed by atoms with Crippen molar-refractivity contribution in [1.82, 2.24) is 14.9 Å². The number of hydrogen-bond acceptors (Lipinski definition) is 5. The summed E-state index contributed by atoms with van der Waals surface area (Å²) >= 11 is 0. The molecule has 0 bridgehead atoms. The summed E-state index contributed by atoms with van der Waals surface area (Å²) in [5.74, 6) is 0.377. The minimum atomic E-state index is -2.61. The summed E-state index contributed by atoms with van der Waals surface area (Å²) in [7, 11) is 0. The number of likely N-dealkylation sites (tertiary alicyclic amines) is 1. The molecule has 1 amide bonds. The van der Waals surface area contributed by atoms with E-state index in [1.807, 2.05) is 24.3 Å². The third-order valence-corrected chi connectivity index (χ3v) is 8.30. The number of benzene rings is 2. The minimum Gasteiger partial charge on any atom is -0.508 e. The summed E-state index contributed by atoms with van der Waals surface area (Å²) in [4.78, 5) is 24.0. The Morgan fingerprint density at radius 3 is 2.62 bits per heavy atom. The van der Waals surface area contributed by atoms with Gasteiger partial charge in [-0.15, -0.1) is 0 Å². The number of halogens is 2. The van der Waals surface area contributed by atoms with Crippen LogP contribution in [0.2, 0.25) is 0 Å². The van der Waals surface area contributed by atoms with Crippen molar-refractivity contribution in [2.75, 3.05) is 24.5 Å². The number of nitrogens with zero attached hydrogens (tertiary/aromatic N) is 4. The molecule has 2 aliphatic heterocycles. The van der Waals surface area contributed by atoms with E-state index in [1.54, 1.807) is 17.0 Å². The number of fused-ring (bicyclic) bond motifs is 2. The Bertz CT molecular complexity index is 1400. The zero-order chi connectivity index (χ0) is 26.1. The number of anilines is 1. The van der Waals surface area contributed by atoms with Gasteiger partial charge in [-0.05, 0) is 54.0 Å². The summed E-state index contributed by atoms with van der Waals surface area (Å²) in [5.41, 5.74) is 2.80. The monoisotopic (exact) mass is 508 g/mol. The van der Waals surface area contributed by atoms with Crippen molar-refractivity contribution in [2.24, 2.45) is 10.8 Å². The van der Waals surface area contributed by atoms with Gasteiger partial charge in [-0.1, -0.05) is 38.1 Å². The largest absolute Gasteiger partial charge is 0.508 e. The Balaban J connectivity index is 1.50. The highest BCUT2D eigenvalue weighted by Gasteiger charge is 2.55. The lowest BCUT2D eigenvalue weighted by Crippen LogP contribution is -2.59. The summed E-state index contributed by atoms with van der Waals surface area (Å²) in [6.45, 7) is 5.13. The topological polar surface area (TPSA) is 89.8 Å². The van der Waals surface area contributed by atoms with Crippen LogP contribution in [0.1, 0.15) is 37.9 Å². The molecule has 1 aromatic heterocycles. The Labute approximate surface area is 213 Å². The second-order valence-electron chi connectivity index (χ2n) is 11.7. The van der Waals surface area contributed by atoms with Gasteiger partial charge in [0.1, 0.15) is 5.75 Å². The first-order valence-corrected chi connectivity index (χ1v) is 12.7. The number of phenols is 1. The van der Waals surface area contributed by atoms with E-state index in [-0.39, 0.29) is 43.2 Å². The molecule has 2 aromatic carbocycles. The molecule has 6 rings (SSSR count). The van der Waals surface area contributed by atoms with Gasteiger partial charge in [0.25, 0.3) is 6.43 Å². The van der Waals surface area contributed by atoms with E-state index in [2.05, 4.69) is 13.8 Å². The van der Waals surface area contributed by atoms with Crippen LogP contribution in [0.5, 0.6) is 5.75 Å². The predicted octanol–water partition coefficient (Wildman–Crippen LogP) is 5.34. The standard InChI is InChI=1S/C28H30F2N4O3/c1-27(2)8-7-19-21(11-27)31-25(32-23(19)20-10-17(35)9-16-5-3-4-6-18(16)20)34-15-28(12-22(34)24(29)30)13-33(14-28)26(36)37/h3-6,9-10,22,24,35H,7-8,11-15H2,1-2H3,(H,36,37). The molecule has 2 N–H and O–H groups in total. The van der Waals surface area contributed by atoms with Gasteiger partial charge in [0, 0.05) is 36.2 Å². The first-order chi connectivity index (χ1) is 17.5. The fourth-order valence-corrected chi connectivity index (χ4v) is 6.44. The van der Waals surface area contributed by atoms with E-state index >= 15 is 0 Å². The predicted molar refractivity (Wildman–Crippen MR) is 136 cm³/mol. The van der Waals surface area contributed by atoms with Crippen LogP contribution in [0.25, 0.3) is 22.0 Å². The van der Waals surface area contributed by atoms with Crippen LogP contribution in [0.15, 0.2) is 36.4 Å². The number of amides is 1. The number of alkyl halides is 2. The average molecular weight is 509 g/mol. The van der Waals surface area contributed by atoms with Crippen molar-refractivity contribution in [1.29, 1.82) is 0 Å². The van der Waals surface area contributed by atoms with Crippen LogP contribution < -0.4 is 4.90 Å². The molecule has 0 saturated carbocycles. The molecule has 2 fully saturated rings. The number of hydrogen-bond donors (Lipinski definition) is 2. The smallest absolute Gasteiger partial charge is 0.407 e. The van der Waals surface area contributed by atoms with Crippen molar-refractivity contribution in [3.05, 3.63) is 47.7 Å². The van der Waals surface area contributed by atoms with Gasteiger partial charge in [-0.3, -0.25) is 0 Å². The number of phenolic OH excluding ortho intramolecular Hbond substituents is 1. The maximum Gasteiger partial charge on any atom is 0.407 e. The first kappa shape index (κ1) is 23.9. The van der Waals surface area contributed by atoms with Crippen LogP contribution in [-0.4, -0.2) is 63.3 Å². The maximum atomic E-state index is 14.3. The normalized spacial score (nSPS) is 21.9. The highest BCUT2D eigenvalue weighted by Crippen LogP contribution is 2.47. The Kier molecular flexibility index (Phi) is 5.33. The Hall–Kier alpha value is -3.49. The number of carboxylic acid groups (broad SMARTS) is 1. The van der Waals surface area contributed by atoms with Gasteiger partial charge in [-0.25, -0.2) is 23.5 Å². The molecule has 37 heavy (non-hydrogen) atoms. The lowest BCUT2D eigenvalue weighted by molar-refractivity contribution is 0.0162.